The smallest absolute Gasteiger partial charge is 0.154 e. The second-order valence-corrected chi connectivity index (χ2v) is 7.25. The predicted molar refractivity (Wildman–Crippen MR) is 87.3 cm³/mol. The maximum absolute atomic E-state index is 5.97. The first-order chi connectivity index (χ1) is 9.99. The van der Waals surface area contributed by atoms with Gasteiger partial charge in [-0.1, -0.05) is 20.8 Å². The van der Waals surface area contributed by atoms with Gasteiger partial charge in [-0.3, -0.25) is 0 Å². The monoisotopic (exact) mass is 306 g/mol. The Kier molecular flexibility index (Phi) is 3.82. The normalized spacial score (nSPS) is 17.6. The summed E-state index contributed by atoms with van der Waals surface area (Å²) < 4.78 is 1.95. The average molecular weight is 307 g/mol. The summed E-state index contributed by atoms with van der Waals surface area (Å²) in [6.45, 7) is 8.62. The van der Waals surface area contributed by atoms with Crippen molar-refractivity contribution in [3.63, 3.8) is 0 Å². The molecule has 2 aromatic rings. The largest absolute Gasteiger partial charge is 0.355 e. The molecule has 0 bridgehead atoms. The molecule has 0 unspecified atom stereocenters. The fourth-order valence-electron chi connectivity index (χ4n) is 2.82. The summed E-state index contributed by atoms with van der Waals surface area (Å²) in [5, 5.41) is 4.70. The van der Waals surface area contributed by atoms with Crippen LogP contribution in [-0.4, -0.2) is 33.6 Å². The van der Waals surface area contributed by atoms with Crippen LogP contribution in [0.25, 0.3) is 5.52 Å². The van der Waals surface area contributed by atoms with Crippen LogP contribution in [0.4, 0.5) is 5.82 Å². The van der Waals surface area contributed by atoms with E-state index >= 15 is 0 Å². The summed E-state index contributed by atoms with van der Waals surface area (Å²) in [5.74, 6) is 2.47. The summed E-state index contributed by atoms with van der Waals surface area (Å²) in [5.41, 5.74) is 2.26. The van der Waals surface area contributed by atoms with Crippen LogP contribution in [0.15, 0.2) is 18.5 Å². The molecule has 0 amide bonds. The molecule has 0 radical (unpaired) electrons. The number of hydrogen-bond donors (Lipinski definition) is 0. The molecule has 0 atom stereocenters. The molecule has 0 saturated carbocycles. The molecule has 0 N–H and O–H groups in total. The highest BCUT2D eigenvalue weighted by molar-refractivity contribution is 6.18. The fourth-order valence-corrected chi connectivity index (χ4v) is 3.13. The third-order valence-corrected chi connectivity index (χ3v) is 4.71. The first-order valence-corrected chi connectivity index (χ1v) is 8.18. The van der Waals surface area contributed by atoms with E-state index in [0.717, 1.165) is 48.8 Å². The second kappa shape index (κ2) is 5.48. The number of halogens is 1. The number of piperidine rings is 1. The molecule has 4 nitrogen and oxygen atoms in total. The maximum atomic E-state index is 5.97. The fraction of sp³-hybridized carbons (Fsp3) is 0.625. The van der Waals surface area contributed by atoms with Crippen LogP contribution >= 0.6 is 11.6 Å². The molecule has 5 heteroatoms. The zero-order chi connectivity index (χ0) is 15.0. The van der Waals surface area contributed by atoms with Crippen molar-refractivity contribution in [3.05, 3.63) is 24.2 Å². The average Bonchev–Trinajstić information content (AvgIpc) is 2.91. The zero-order valence-electron chi connectivity index (χ0n) is 13.0. The Hall–Kier alpha value is -1.29. The van der Waals surface area contributed by atoms with Gasteiger partial charge >= 0.3 is 0 Å². The Morgan fingerprint density at radius 2 is 2.00 bits per heavy atom. The number of rotatable bonds is 2. The highest BCUT2D eigenvalue weighted by atomic mass is 35.5. The van der Waals surface area contributed by atoms with E-state index in [9.17, 15) is 0 Å². The van der Waals surface area contributed by atoms with Gasteiger partial charge in [-0.25, -0.2) is 9.50 Å². The molecule has 2 aromatic heterocycles. The van der Waals surface area contributed by atoms with Crippen LogP contribution in [0.5, 0.6) is 0 Å². The zero-order valence-corrected chi connectivity index (χ0v) is 13.8. The van der Waals surface area contributed by atoms with Crippen LogP contribution in [0.1, 0.15) is 39.3 Å². The Balaban J connectivity index is 1.94. The molecule has 0 aromatic carbocycles. The minimum atomic E-state index is 0.0505. The van der Waals surface area contributed by atoms with E-state index in [1.807, 2.05) is 16.9 Å². The van der Waals surface area contributed by atoms with Crippen LogP contribution in [0, 0.1) is 5.92 Å². The topological polar surface area (TPSA) is 33.4 Å². The molecule has 3 rings (SSSR count). The number of anilines is 1. The van der Waals surface area contributed by atoms with E-state index in [2.05, 4.69) is 36.7 Å². The minimum absolute atomic E-state index is 0.0505. The SMILES string of the molecule is CC(C)(C)c1cc2c(N3CCC(CCl)CC3)nccn2n1. The van der Waals surface area contributed by atoms with Crippen molar-refractivity contribution in [2.24, 2.45) is 5.92 Å². The number of fused-ring (bicyclic) bond motifs is 1. The van der Waals surface area contributed by atoms with Gasteiger partial charge in [0.25, 0.3) is 0 Å². The third-order valence-electron chi connectivity index (χ3n) is 4.27. The van der Waals surface area contributed by atoms with Crippen molar-refractivity contribution in [3.8, 4) is 0 Å². The number of nitrogens with zero attached hydrogens (tertiary/aromatic N) is 4. The lowest BCUT2D eigenvalue weighted by Crippen LogP contribution is -2.35. The Labute approximate surface area is 131 Å². The van der Waals surface area contributed by atoms with Gasteiger partial charge < -0.3 is 4.90 Å². The molecular formula is C16H23ClN4. The molecule has 1 aliphatic heterocycles. The highest BCUT2D eigenvalue weighted by Gasteiger charge is 2.23. The van der Waals surface area contributed by atoms with Crippen LogP contribution in [-0.2, 0) is 5.41 Å². The summed E-state index contributed by atoms with van der Waals surface area (Å²) in [6, 6.07) is 2.18. The van der Waals surface area contributed by atoms with Crippen LogP contribution in [0.2, 0.25) is 0 Å². The molecule has 1 fully saturated rings. The van der Waals surface area contributed by atoms with E-state index in [1.54, 1.807) is 0 Å². The van der Waals surface area contributed by atoms with Gasteiger partial charge in [0.1, 0.15) is 5.52 Å². The van der Waals surface area contributed by atoms with Crippen molar-refractivity contribution in [1.82, 2.24) is 14.6 Å². The van der Waals surface area contributed by atoms with E-state index in [1.165, 1.54) is 0 Å². The molecule has 3 heterocycles. The lowest BCUT2D eigenvalue weighted by atomic mass is 9.92. The predicted octanol–water partition coefficient (Wildman–Crippen LogP) is 3.48. The van der Waals surface area contributed by atoms with Gasteiger partial charge in [0.05, 0.1) is 5.69 Å². The minimum Gasteiger partial charge on any atom is -0.355 e. The van der Waals surface area contributed by atoms with Crippen molar-refractivity contribution in [2.45, 2.75) is 39.0 Å². The molecule has 21 heavy (non-hydrogen) atoms. The highest BCUT2D eigenvalue weighted by Crippen LogP contribution is 2.28. The summed E-state index contributed by atoms with van der Waals surface area (Å²) in [6.07, 6.45) is 6.06. The molecule has 114 valence electrons. The third kappa shape index (κ3) is 2.86. The number of alkyl halides is 1. The van der Waals surface area contributed by atoms with E-state index in [0.29, 0.717) is 5.92 Å². The van der Waals surface area contributed by atoms with Gasteiger partial charge in [-0.2, -0.15) is 5.10 Å². The summed E-state index contributed by atoms with van der Waals surface area (Å²) in [4.78, 5) is 6.98. The maximum Gasteiger partial charge on any atom is 0.154 e. The van der Waals surface area contributed by atoms with Crippen molar-refractivity contribution in [2.75, 3.05) is 23.9 Å². The lowest BCUT2D eigenvalue weighted by Gasteiger charge is -2.32. The molecular weight excluding hydrogens is 284 g/mol. The number of aromatic nitrogens is 3. The molecule has 0 spiro atoms. The molecule has 1 aliphatic rings. The Bertz CT molecular complexity index is 621. The quantitative estimate of drug-likeness (QED) is 0.797. The molecule has 0 aliphatic carbocycles. The van der Waals surface area contributed by atoms with Gasteiger partial charge in [0, 0.05) is 36.8 Å². The summed E-state index contributed by atoms with van der Waals surface area (Å²) >= 11 is 5.97. The van der Waals surface area contributed by atoms with Crippen LogP contribution < -0.4 is 4.90 Å². The van der Waals surface area contributed by atoms with E-state index < -0.39 is 0 Å². The molecule has 1 saturated heterocycles. The number of hydrogen-bond acceptors (Lipinski definition) is 3. The van der Waals surface area contributed by atoms with Crippen LogP contribution in [0.3, 0.4) is 0 Å². The van der Waals surface area contributed by atoms with Gasteiger partial charge in [-0.15, -0.1) is 11.6 Å². The van der Waals surface area contributed by atoms with Gasteiger partial charge in [0.2, 0.25) is 0 Å². The Morgan fingerprint density at radius 3 is 2.62 bits per heavy atom. The second-order valence-electron chi connectivity index (χ2n) is 6.94. The first kappa shape index (κ1) is 14.6. The standard InChI is InChI=1S/C16H23ClN4/c1-16(2,3)14-10-13-15(18-6-9-21(13)19-14)20-7-4-12(11-17)5-8-20/h6,9-10,12H,4-5,7-8,11H2,1-3H3. The van der Waals surface area contributed by atoms with E-state index in [4.69, 9.17) is 16.7 Å². The van der Waals surface area contributed by atoms with E-state index in [-0.39, 0.29) is 5.41 Å². The first-order valence-electron chi connectivity index (χ1n) is 7.65. The van der Waals surface area contributed by atoms with Crippen molar-refractivity contribution < 1.29 is 0 Å². The summed E-state index contributed by atoms with van der Waals surface area (Å²) in [7, 11) is 0. The van der Waals surface area contributed by atoms with Crippen molar-refractivity contribution in [1.29, 1.82) is 0 Å². The Morgan fingerprint density at radius 1 is 1.29 bits per heavy atom. The van der Waals surface area contributed by atoms with Gasteiger partial charge in [0.15, 0.2) is 5.82 Å². The van der Waals surface area contributed by atoms with Crippen molar-refractivity contribution >= 4 is 22.9 Å². The lowest BCUT2D eigenvalue weighted by molar-refractivity contribution is 0.441. The van der Waals surface area contributed by atoms with Gasteiger partial charge in [-0.05, 0) is 24.8 Å².